The lowest BCUT2D eigenvalue weighted by Crippen LogP contribution is -2.75. The number of nitrogens with zero attached hydrogens (tertiary/aromatic N) is 11. The molecule has 25 rings (SSSR count). The molecule has 0 atom stereocenters. The Labute approximate surface area is 676 Å². The lowest BCUT2D eigenvalue weighted by molar-refractivity contribution is -0.660. The fraction of sp³-hybridized carbons (Fsp3) is 0.202. The molecule has 0 saturated carbocycles. The molecule has 0 fully saturated rings. The van der Waals surface area contributed by atoms with Crippen molar-refractivity contribution in [2.45, 2.75) is 85.0 Å². The van der Waals surface area contributed by atoms with Gasteiger partial charge in [0, 0.05) is 156 Å². The van der Waals surface area contributed by atoms with Crippen LogP contribution in [0.4, 0.5) is 0 Å². The Hall–Kier alpha value is -12.1. The first-order valence-corrected chi connectivity index (χ1v) is 41.2. The van der Waals surface area contributed by atoms with E-state index in [1.165, 1.54) is 189 Å². The van der Waals surface area contributed by atoms with E-state index in [2.05, 4.69) is 326 Å². The molecule has 550 valence electrons. The zero-order valence-corrected chi connectivity index (χ0v) is 67.5. The molecule has 0 saturated heterocycles. The molecule has 0 spiro atoms. The number of rotatable bonds is 0. The molecule has 10 aliphatic heterocycles. The zero-order valence-electron chi connectivity index (χ0n) is 67.5. The van der Waals surface area contributed by atoms with Crippen LogP contribution in [0.25, 0.3) is 0 Å². The Morgan fingerprint density at radius 2 is 0.452 bits per heavy atom. The van der Waals surface area contributed by atoms with Crippen LogP contribution >= 0.6 is 0 Å². The minimum absolute atomic E-state index is 0.250. The van der Waals surface area contributed by atoms with E-state index >= 15 is 0 Å². The predicted octanol–water partition coefficient (Wildman–Crippen LogP) is 0.333. The smallest absolute Gasteiger partial charge is 0.261 e. The molecule has 0 bridgehead atoms. The minimum atomic E-state index is 0.250. The molecule has 16 heteroatoms. The van der Waals surface area contributed by atoms with Gasteiger partial charge in [0.15, 0.2) is 65.1 Å². The van der Waals surface area contributed by atoms with Crippen molar-refractivity contribution in [3.63, 3.8) is 0 Å². The molecular weight excluding hydrogens is 1400 g/mol. The van der Waals surface area contributed by atoms with E-state index in [4.69, 9.17) is 15.0 Å². The summed E-state index contributed by atoms with van der Waals surface area (Å²) in [7, 11) is 15.1. The quantitative estimate of drug-likeness (QED) is 0.162. The predicted molar refractivity (Wildman–Crippen MR) is 462 cm³/mol. The molecule has 11 nitrogen and oxygen atoms in total. The monoisotopic (exact) mass is 1490 g/mol. The Morgan fingerprint density at radius 3 is 0.800 bits per heavy atom. The summed E-state index contributed by atoms with van der Waals surface area (Å²) in [5.41, 5.74) is 54.7. The number of aromatic nitrogens is 11. The number of aryl methyl sites for hydroxylation is 10. The van der Waals surface area contributed by atoms with Crippen molar-refractivity contribution >= 4 is 116 Å². The summed E-state index contributed by atoms with van der Waals surface area (Å²) in [6, 6.07) is 67.2. The van der Waals surface area contributed by atoms with Gasteiger partial charge in [-0.05, 0) is 172 Å². The van der Waals surface area contributed by atoms with Gasteiger partial charge in [0.25, 0.3) is 6.33 Å². The van der Waals surface area contributed by atoms with Gasteiger partial charge < -0.3 is 0 Å². The fourth-order valence-corrected chi connectivity index (χ4v) is 22.7. The van der Waals surface area contributed by atoms with Crippen LogP contribution in [0.1, 0.15) is 128 Å². The van der Waals surface area contributed by atoms with Crippen LogP contribution < -0.4 is 115 Å². The van der Waals surface area contributed by atoms with Crippen LogP contribution in [0.3, 0.4) is 0 Å². The Balaban J connectivity index is 0.0000000900. The van der Waals surface area contributed by atoms with Crippen molar-refractivity contribution in [3.05, 3.63) is 379 Å². The maximum absolute atomic E-state index is 4.73. The van der Waals surface area contributed by atoms with Gasteiger partial charge in [0.05, 0.1) is 12.6 Å². The SMILES string of the molecule is C[n+]1cccc2c1B1c3c(cccc3Cc3ccc[n+](C)c31)C2.C[n+]1cccc2c1B1c3c(ccnc3Cc3ccc[n+](C)c31)C2.C[n+]1cncc2c1B1c3c(ccnc3Cc3ccc[n+](C)c31)C2.Cc1cccc2c1B1c3c(C)cccc3Cc3cccc(c31)C2.Cc1cccc2c1B1c3c(ccnc3Cc3ccc[n+](C)c31)C2. The second-order valence-electron chi connectivity index (χ2n) is 33.9. The van der Waals surface area contributed by atoms with Gasteiger partial charge in [-0.1, -0.05) is 135 Å². The molecule has 0 radical (unpaired) electrons. The number of fused-ring (bicyclic) bond motifs is 20. The van der Waals surface area contributed by atoms with E-state index < -0.39 is 0 Å². The standard InChI is InChI=1S/C22H19B.C20H19BN2.C20H18BN2.C19H18BN3.C18H17BN4/c1-14-6-3-8-16-12-18-10-5-11-19-13-17-9-4-7-15(2)21(17)23(20(14)16)22(18)19;1-22-10-4-8-16-12-14-6-3-7-15-13-17-9-5-11-23(2)20(17)21(18(14)15)19(16)22;1-13-5-3-6-14-11-15-8-9-22-17-12-16-7-4-10-23(2)20(16)21(18(13)14)19(15)17;1-22-9-3-5-14-11-13-7-8-21-16-12-15-6-4-10-23(2)19(15)20(17(13)16)18(14)22;1-22-7-3-4-13-9-15-16-12(5-6-21-15)8-14-10-20-11-23(2)18(14)19(16)17(13)22/h2*3-11H,12-13H2,1-2H3;2*3-10H,11-12H2,1-2H3;3-7,10-11H,8-9H2,1-2H3/q;+2;+1;2*+2. The highest BCUT2D eigenvalue weighted by atomic mass is 15.0. The molecule has 0 unspecified atom stereocenters. The molecule has 15 aromatic rings. The molecule has 0 aliphatic carbocycles. The second kappa shape index (κ2) is 27.9. The van der Waals surface area contributed by atoms with Gasteiger partial charge in [-0.15, -0.1) is 0 Å². The van der Waals surface area contributed by atoms with E-state index in [1.54, 1.807) is 21.9 Å². The summed E-state index contributed by atoms with van der Waals surface area (Å²) in [5.74, 6) is 0. The summed E-state index contributed by atoms with van der Waals surface area (Å²) in [5, 5.41) is 0. The topological polar surface area (TPSA) is 78.7 Å². The molecule has 0 amide bonds. The maximum Gasteiger partial charge on any atom is 0.408 e. The third kappa shape index (κ3) is 11.4. The largest absolute Gasteiger partial charge is 0.408 e. The van der Waals surface area contributed by atoms with E-state index in [0.717, 1.165) is 64.2 Å². The van der Waals surface area contributed by atoms with Crippen LogP contribution in [-0.2, 0) is 114 Å². The van der Waals surface area contributed by atoms with E-state index in [1.807, 2.05) is 31.1 Å². The number of benzene rings is 5. The van der Waals surface area contributed by atoms with Crippen molar-refractivity contribution in [1.82, 2.24) is 19.9 Å². The van der Waals surface area contributed by atoms with Crippen molar-refractivity contribution in [3.8, 4) is 0 Å². The average molecular weight is 1490 g/mol. The van der Waals surface area contributed by atoms with Gasteiger partial charge >= 0.3 is 26.9 Å². The van der Waals surface area contributed by atoms with Gasteiger partial charge in [0.2, 0.25) is 6.71 Å². The van der Waals surface area contributed by atoms with Gasteiger partial charge in [-0.25, -0.2) is 32.0 Å². The van der Waals surface area contributed by atoms with Crippen LogP contribution in [0.2, 0.25) is 0 Å². The summed E-state index contributed by atoms with van der Waals surface area (Å²) in [4.78, 5) is 18.6. The molecule has 115 heavy (non-hydrogen) atoms. The maximum atomic E-state index is 4.73. The van der Waals surface area contributed by atoms with E-state index in [0.29, 0.717) is 26.9 Å². The van der Waals surface area contributed by atoms with Gasteiger partial charge in [0.1, 0.15) is 54.1 Å². The van der Waals surface area contributed by atoms with E-state index in [-0.39, 0.29) is 6.71 Å². The van der Waals surface area contributed by atoms with Gasteiger partial charge in [-0.3, -0.25) is 15.0 Å². The average Bonchev–Trinajstić information content (AvgIpc) is 0.747. The van der Waals surface area contributed by atoms with Crippen molar-refractivity contribution < 1.29 is 32.0 Å². The first-order chi connectivity index (χ1) is 56.2. The summed E-state index contributed by atoms with van der Waals surface area (Å²) in [6.07, 6.45) is 32.9. The lowest BCUT2D eigenvalue weighted by Gasteiger charge is -2.35. The highest BCUT2D eigenvalue weighted by Crippen LogP contribution is 2.28. The van der Waals surface area contributed by atoms with Crippen LogP contribution in [0.5, 0.6) is 0 Å². The van der Waals surface area contributed by atoms with Crippen molar-refractivity contribution in [1.29, 1.82) is 0 Å². The normalized spacial score (nSPS) is 14.1. The van der Waals surface area contributed by atoms with Crippen LogP contribution in [0.15, 0.2) is 250 Å². The highest BCUT2D eigenvalue weighted by Gasteiger charge is 2.52. The van der Waals surface area contributed by atoms with Crippen molar-refractivity contribution in [2.75, 3.05) is 0 Å². The number of hydrogen-bond donors (Lipinski definition) is 0. The second-order valence-corrected chi connectivity index (χ2v) is 33.9. The first-order valence-electron chi connectivity index (χ1n) is 41.2. The summed E-state index contributed by atoms with van der Waals surface area (Å²) in [6.45, 7) is 8.45. The fourth-order valence-electron chi connectivity index (χ4n) is 22.7. The minimum Gasteiger partial charge on any atom is -0.261 e. The molecule has 10 aromatic heterocycles. The highest BCUT2D eigenvalue weighted by molar-refractivity contribution is 6.99. The molecule has 10 aliphatic rings. The van der Waals surface area contributed by atoms with E-state index in [9.17, 15) is 0 Å². The molecule has 5 aromatic carbocycles. The zero-order chi connectivity index (χ0) is 77.8. The first kappa shape index (κ1) is 70.7. The summed E-state index contributed by atoms with van der Waals surface area (Å²) >= 11 is 0. The van der Waals surface area contributed by atoms with Gasteiger partial charge in [-0.2, -0.15) is 0 Å². The van der Waals surface area contributed by atoms with Crippen LogP contribution in [0, 0.1) is 20.8 Å². The third-order valence-corrected chi connectivity index (χ3v) is 27.3. The molecule has 0 N–H and O–H groups in total. The number of hydrogen-bond acceptors (Lipinski definition) is 4. The third-order valence-electron chi connectivity index (χ3n) is 27.3. The molecular formula is C99H91B5N11+7. The number of pyridine rings is 9. The Kier molecular flexibility index (Phi) is 17.1. The summed E-state index contributed by atoms with van der Waals surface area (Å²) < 4.78 is 16.0. The van der Waals surface area contributed by atoms with Crippen molar-refractivity contribution in [2.24, 2.45) is 49.3 Å². The molecule has 20 heterocycles. The van der Waals surface area contributed by atoms with Crippen LogP contribution in [-0.4, -0.2) is 53.5 Å². The Bertz CT molecular complexity index is 5200. The lowest BCUT2D eigenvalue weighted by atomic mass is 9.29. The Morgan fingerprint density at radius 1 is 0.217 bits per heavy atom.